The number of aromatic nitrogens is 2. The predicted molar refractivity (Wildman–Crippen MR) is 118 cm³/mol. The topological polar surface area (TPSA) is 85.5 Å². The number of hydrogen-bond donors (Lipinski definition) is 0. The van der Waals surface area contributed by atoms with Crippen LogP contribution in [0.15, 0.2) is 45.3 Å². The Morgan fingerprint density at radius 2 is 1.74 bits per heavy atom. The molecule has 2 aromatic carbocycles. The van der Waals surface area contributed by atoms with E-state index in [1.807, 2.05) is 37.3 Å². The van der Waals surface area contributed by atoms with Crippen molar-refractivity contribution < 1.29 is 18.7 Å². The van der Waals surface area contributed by atoms with Crippen molar-refractivity contribution in [3.8, 4) is 5.75 Å². The summed E-state index contributed by atoms with van der Waals surface area (Å²) in [6.45, 7) is 8.44. The number of fused-ring (bicyclic) bond motifs is 1. The fourth-order valence-electron chi connectivity index (χ4n) is 3.50. The van der Waals surface area contributed by atoms with E-state index in [1.54, 1.807) is 6.07 Å². The first kappa shape index (κ1) is 21.2. The first-order valence-electron chi connectivity index (χ1n) is 9.84. The summed E-state index contributed by atoms with van der Waals surface area (Å²) in [5.74, 6) is 0.0779. The van der Waals surface area contributed by atoms with Crippen molar-refractivity contribution in [3.63, 3.8) is 0 Å². The largest absolute Gasteiger partial charge is 0.484 e. The third-order valence-corrected chi connectivity index (χ3v) is 5.56. The molecule has 0 aliphatic carbocycles. The molecule has 0 spiro atoms. The average molecular weight is 484 g/mol. The zero-order chi connectivity index (χ0) is 22.3. The van der Waals surface area contributed by atoms with Crippen LogP contribution in [0.3, 0.4) is 0 Å². The Morgan fingerprint density at radius 1 is 1.06 bits per heavy atom. The molecule has 0 bridgehead atoms. The smallest absolute Gasteiger partial charge is 0.299 e. The van der Waals surface area contributed by atoms with E-state index in [1.165, 1.54) is 10.5 Å². The van der Waals surface area contributed by atoms with Gasteiger partial charge in [-0.15, -0.1) is 10.2 Å². The summed E-state index contributed by atoms with van der Waals surface area (Å²) in [4.78, 5) is 26.2. The van der Waals surface area contributed by atoms with E-state index in [0.717, 1.165) is 10.0 Å². The number of benzene rings is 2. The number of carbonyl (C=O) groups excluding carboxylic acids is 2. The van der Waals surface area contributed by atoms with E-state index in [9.17, 15) is 9.59 Å². The monoisotopic (exact) mass is 483 g/mol. The van der Waals surface area contributed by atoms with Crippen LogP contribution in [0.4, 0.5) is 5.69 Å². The Hall–Kier alpha value is -3.00. The fraction of sp³-hybridized carbons (Fsp3) is 0.304. The van der Waals surface area contributed by atoms with Crippen LogP contribution in [0.2, 0.25) is 0 Å². The highest BCUT2D eigenvalue weighted by atomic mass is 79.9. The molecule has 0 radical (unpaired) electrons. The minimum absolute atomic E-state index is 0.0212. The highest BCUT2D eigenvalue weighted by Gasteiger charge is 2.38. The molecule has 8 heteroatoms. The SMILES string of the molecule is Cc1cc(Br)cc2c1N(Cc1nnc(COc3ccc(C(C)(C)C)cc3)o1)C(=O)C2=O. The van der Waals surface area contributed by atoms with E-state index < -0.39 is 11.7 Å². The van der Waals surface area contributed by atoms with Gasteiger partial charge in [-0.3, -0.25) is 14.5 Å². The molecule has 2 heterocycles. The quantitative estimate of drug-likeness (QED) is 0.486. The van der Waals surface area contributed by atoms with Crippen LogP contribution >= 0.6 is 15.9 Å². The van der Waals surface area contributed by atoms with Gasteiger partial charge in [-0.1, -0.05) is 48.8 Å². The second kappa shape index (κ2) is 7.92. The lowest BCUT2D eigenvalue weighted by Crippen LogP contribution is -2.29. The van der Waals surface area contributed by atoms with Gasteiger partial charge in [-0.25, -0.2) is 0 Å². The van der Waals surface area contributed by atoms with Gasteiger partial charge in [0, 0.05) is 4.47 Å². The normalized spacial score (nSPS) is 13.6. The summed E-state index contributed by atoms with van der Waals surface area (Å²) < 4.78 is 12.1. The molecular weight excluding hydrogens is 462 g/mol. The van der Waals surface area contributed by atoms with Crippen LogP contribution in [0.25, 0.3) is 0 Å². The zero-order valence-electron chi connectivity index (χ0n) is 17.7. The first-order valence-corrected chi connectivity index (χ1v) is 10.6. The van der Waals surface area contributed by atoms with Gasteiger partial charge in [-0.2, -0.15) is 0 Å². The van der Waals surface area contributed by atoms with Crippen LogP contribution in [0.1, 0.15) is 54.0 Å². The number of rotatable bonds is 5. The molecule has 0 atom stereocenters. The number of anilines is 1. The Kier molecular flexibility index (Phi) is 5.43. The summed E-state index contributed by atoms with van der Waals surface area (Å²) in [5, 5.41) is 8.00. The Bertz CT molecular complexity index is 1160. The van der Waals surface area contributed by atoms with Gasteiger partial charge >= 0.3 is 0 Å². The van der Waals surface area contributed by atoms with E-state index in [-0.39, 0.29) is 24.5 Å². The number of amides is 1. The van der Waals surface area contributed by atoms with Gasteiger partial charge in [0.15, 0.2) is 6.61 Å². The summed E-state index contributed by atoms with van der Waals surface area (Å²) in [5.41, 5.74) is 3.05. The molecule has 1 amide bonds. The van der Waals surface area contributed by atoms with Crippen LogP contribution in [-0.2, 0) is 23.4 Å². The molecule has 31 heavy (non-hydrogen) atoms. The molecule has 0 N–H and O–H groups in total. The highest BCUT2D eigenvalue weighted by Crippen LogP contribution is 2.35. The van der Waals surface area contributed by atoms with Crippen LogP contribution in [-0.4, -0.2) is 21.9 Å². The fourth-order valence-corrected chi connectivity index (χ4v) is 4.07. The average Bonchev–Trinajstić information content (AvgIpc) is 3.25. The molecule has 160 valence electrons. The minimum atomic E-state index is -0.605. The molecule has 7 nitrogen and oxygen atoms in total. The maximum Gasteiger partial charge on any atom is 0.299 e. The lowest BCUT2D eigenvalue weighted by Gasteiger charge is -2.19. The second-order valence-corrected chi connectivity index (χ2v) is 9.41. The first-order chi connectivity index (χ1) is 14.6. The molecule has 0 saturated carbocycles. The molecule has 4 rings (SSSR count). The number of aryl methyl sites for hydroxylation is 1. The highest BCUT2D eigenvalue weighted by molar-refractivity contribution is 9.10. The maximum absolute atomic E-state index is 12.5. The van der Waals surface area contributed by atoms with E-state index >= 15 is 0 Å². The molecule has 1 aromatic heterocycles. The van der Waals surface area contributed by atoms with Gasteiger partial charge in [0.1, 0.15) is 12.3 Å². The summed E-state index contributed by atoms with van der Waals surface area (Å²) in [7, 11) is 0. The zero-order valence-corrected chi connectivity index (χ0v) is 19.3. The third-order valence-electron chi connectivity index (χ3n) is 5.10. The van der Waals surface area contributed by atoms with Gasteiger partial charge in [-0.05, 0) is 47.7 Å². The number of nitrogens with zero attached hydrogens (tertiary/aromatic N) is 3. The van der Waals surface area contributed by atoms with Crippen molar-refractivity contribution in [1.29, 1.82) is 0 Å². The molecule has 3 aromatic rings. The second-order valence-electron chi connectivity index (χ2n) is 8.49. The molecule has 0 saturated heterocycles. The van der Waals surface area contributed by atoms with Crippen molar-refractivity contribution in [2.75, 3.05) is 4.90 Å². The number of ether oxygens (including phenoxy) is 1. The van der Waals surface area contributed by atoms with Crippen molar-refractivity contribution in [1.82, 2.24) is 10.2 Å². The number of ketones is 1. The van der Waals surface area contributed by atoms with E-state index in [2.05, 4.69) is 46.9 Å². The molecular formula is C23H22BrN3O4. The Balaban J connectivity index is 1.45. The minimum Gasteiger partial charge on any atom is -0.484 e. The molecule has 1 aliphatic rings. The Labute approximate surface area is 188 Å². The van der Waals surface area contributed by atoms with Gasteiger partial charge < -0.3 is 9.15 Å². The standard InChI is InChI=1S/C23H22BrN3O4/c1-13-9-15(24)10-17-20(13)27(22(29)21(17)28)11-18-25-26-19(31-18)12-30-16-7-5-14(6-8-16)23(2,3)4/h5-10H,11-12H2,1-4H3. The van der Waals surface area contributed by atoms with Gasteiger partial charge in [0.05, 0.1) is 11.3 Å². The van der Waals surface area contributed by atoms with Crippen molar-refractivity contribution in [2.45, 2.75) is 46.3 Å². The van der Waals surface area contributed by atoms with Crippen LogP contribution in [0.5, 0.6) is 5.75 Å². The lowest BCUT2D eigenvalue weighted by atomic mass is 9.87. The number of halogens is 1. The van der Waals surface area contributed by atoms with E-state index in [0.29, 0.717) is 22.9 Å². The van der Waals surface area contributed by atoms with Gasteiger partial charge in [0.25, 0.3) is 17.6 Å². The summed E-state index contributed by atoms with van der Waals surface area (Å²) in [6.07, 6.45) is 0. The number of hydrogen-bond acceptors (Lipinski definition) is 6. The van der Waals surface area contributed by atoms with Gasteiger partial charge in [0.2, 0.25) is 5.89 Å². The summed E-state index contributed by atoms with van der Waals surface area (Å²) >= 11 is 3.37. The summed E-state index contributed by atoms with van der Waals surface area (Å²) in [6, 6.07) is 11.4. The lowest BCUT2D eigenvalue weighted by molar-refractivity contribution is -0.114. The van der Waals surface area contributed by atoms with Crippen LogP contribution in [0, 0.1) is 6.92 Å². The van der Waals surface area contributed by atoms with Crippen molar-refractivity contribution in [2.24, 2.45) is 0 Å². The third kappa shape index (κ3) is 4.25. The van der Waals surface area contributed by atoms with E-state index in [4.69, 9.17) is 9.15 Å². The van der Waals surface area contributed by atoms with Crippen LogP contribution < -0.4 is 9.64 Å². The predicted octanol–water partition coefficient (Wildman–Crippen LogP) is 4.75. The number of Topliss-reactive ketones (excluding diaryl/α,β-unsaturated/α-hetero) is 1. The number of carbonyl (C=O) groups is 2. The Morgan fingerprint density at radius 3 is 2.42 bits per heavy atom. The molecule has 0 fully saturated rings. The molecule has 1 aliphatic heterocycles. The molecule has 0 unspecified atom stereocenters. The maximum atomic E-state index is 12.5. The van der Waals surface area contributed by atoms with Crippen molar-refractivity contribution >= 4 is 33.3 Å². The van der Waals surface area contributed by atoms with Crippen molar-refractivity contribution in [3.05, 3.63) is 69.3 Å².